The second kappa shape index (κ2) is 7.81. The number of halogens is 1. The number of carbonyl (C=O) groups excluding carboxylic acids is 2. The zero-order valence-electron chi connectivity index (χ0n) is 15.1. The van der Waals surface area contributed by atoms with E-state index in [1.807, 2.05) is 0 Å². The molecule has 4 rings (SSSR count). The maximum Gasteiger partial charge on any atom is 0.268 e. The van der Waals surface area contributed by atoms with Gasteiger partial charge in [0.1, 0.15) is 15.7 Å². The predicted molar refractivity (Wildman–Crippen MR) is 109 cm³/mol. The first-order valence-electron chi connectivity index (χ1n) is 8.90. The van der Waals surface area contributed by atoms with Gasteiger partial charge in [-0.25, -0.2) is 9.37 Å². The monoisotopic (exact) mass is 415 g/mol. The van der Waals surface area contributed by atoms with Gasteiger partial charge < -0.3 is 10.6 Å². The van der Waals surface area contributed by atoms with Gasteiger partial charge >= 0.3 is 0 Å². The molecule has 0 spiro atoms. The average molecular weight is 416 g/mol. The van der Waals surface area contributed by atoms with Crippen LogP contribution in [0.1, 0.15) is 49.1 Å². The minimum atomic E-state index is -0.281. The zero-order chi connectivity index (χ0) is 19.7. The summed E-state index contributed by atoms with van der Waals surface area (Å²) in [5.74, 6) is -0.711. The van der Waals surface area contributed by atoms with Crippen LogP contribution < -0.4 is 10.6 Å². The van der Waals surface area contributed by atoms with Crippen molar-refractivity contribution >= 4 is 39.5 Å². The van der Waals surface area contributed by atoms with E-state index in [0.29, 0.717) is 27.6 Å². The standard InChI is InChI=1S/C20H18FN3O2S2/c1-11-17(28-16(22-11)10-12-2-4-13(21)5-3-12)19(26)24-20-15(8-9-27-20)18(25)23-14-6-7-14/h2-5,8-9,14H,6-7,10H2,1H3,(H,23,25)(H,24,26). The van der Waals surface area contributed by atoms with E-state index in [-0.39, 0.29) is 23.7 Å². The van der Waals surface area contributed by atoms with Crippen LogP contribution in [-0.2, 0) is 6.42 Å². The molecule has 0 aliphatic heterocycles. The maximum atomic E-state index is 13.0. The third-order valence-corrected chi connectivity index (χ3v) is 6.35. The van der Waals surface area contributed by atoms with Crippen molar-refractivity contribution in [1.29, 1.82) is 0 Å². The Morgan fingerprint density at radius 3 is 2.64 bits per heavy atom. The van der Waals surface area contributed by atoms with Crippen LogP contribution >= 0.6 is 22.7 Å². The van der Waals surface area contributed by atoms with Crippen molar-refractivity contribution < 1.29 is 14.0 Å². The van der Waals surface area contributed by atoms with Crippen LogP contribution in [-0.4, -0.2) is 22.8 Å². The number of aromatic nitrogens is 1. The van der Waals surface area contributed by atoms with Gasteiger partial charge in [-0.15, -0.1) is 22.7 Å². The second-order valence-electron chi connectivity index (χ2n) is 6.69. The Labute approximate surface area is 169 Å². The van der Waals surface area contributed by atoms with Crippen molar-refractivity contribution in [3.63, 3.8) is 0 Å². The van der Waals surface area contributed by atoms with Crippen molar-refractivity contribution in [3.05, 3.63) is 68.2 Å². The molecular formula is C20H18FN3O2S2. The minimum Gasteiger partial charge on any atom is -0.349 e. The van der Waals surface area contributed by atoms with Crippen molar-refractivity contribution in [3.8, 4) is 0 Å². The van der Waals surface area contributed by atoms with Crippen LogP contribution in [0.2, 0.25) is 0 Å². The summed E-state index contributed by atoms with van der Waals surface area (Å²) in [6.45, 7) is 1.79. The number of hydrogen-bond acceptors (Lipinski definition) is 5. The van der Waals surface area contributed by atoms with Gasteiger partial charge in [-0.2, -0.15) is 0 Å². The average Bonchev–Trinajstić information content (AvgIpc) is 3.21. The number of amides is 2. The molecule has 2 heterocycles. The summed E-state index contributed by atoms with van der Waals surface area (Å²) in [5, 5.41) is 8.89. The van der Waals surface area contributed by atoms with Gasteiger partial charge in [-0.05, 0) is 48.9 Å². The molecule has 3 aromatic rings. The summed E-state index contributed by atoms with van der Waals surface area (Å²) in [6.07, 6.45) is 2.55. The van der Waals surface area contributed by atoms with E-state index in [4.69, 9.17) is 0 Å². The molecular weight excluding hydrogens is 397 g/mol. The number of anilines is 1. The molecule has 2 N–H and O–H groups in total. The van der Waals surface area contributed by atoms with Gasteiger partial charge in [0, 0.05) is 12.5 Å². The van der Waals surface area contributed by atoms with E-state index in [1.165, 1.54) is 34.8 Å². The molecule has 0 radical (unpaired) electrons. The summed E-state index contributed by atoms with van der Waals surface area (Å²) in [7, 11) is 0. The highest BCUT2D eigenvalue weighted by atomic mass is 32.1. The van der Waals surface area contributed by atoms with Crippen molar-refractivity contribution in [2.24, 2.45) is 0 Å². The summed E-state index contributed by atoms with van der Waals surface area (Å²) < 4.78 is 13.0. The molecule has 0 atom stereocenters. The number of rotatable bonds is 6. The third-order valence-electron chi connectivity index (χ3n) is 4.37. The maximum absolute atomic E-state index is 13.0. The number of aryl methyl sites for hydroxylation is 1. The van der Waals surface area contributed by atoms with Crippen molar-refractivity contribution in [1.82, 2.24) is 10.3 Å². The highest BCUT2D eigenvalue weighted by molar-refractivity contribution is 7.15. The fourth-order valence-corrected chi connectivity index (χ4v) is 4.52. The lowest BCUT2D eigenvalue weighted by atomic mass is 10.1. The van der Waals surface area contributed by atoms with Gasteiger partial charge in [0.05, 0.1) is 16.3 Å². The molecule has 2 amide bonds. The molecule has 1 aliphatic rings. The number of benzene rings is 1. The number of carbonyl (C=O) groups is 2. The molecule has 1 saturated carbocycles. The summed E-state index contributed by atoms with van der Waals surface area (Å²) >= 11 is 2.63. The Hall–Kier alpha value is -2.58. The number of hydrogen-bond donors (Lipinski definition) is 2. The Morgan fingerprint density at radius 2 is 1.93 bits per heavy atom. The molecule has 2 aromatic heterocycles. The van der Waals surface area contributed by atoms with Crippen LogP contribution in [0.5, 0.6) is 0 Å². The van der Waals surface area contributed by atoms with Crippen LogP contribution in [0.15, 0.2) is 35.7 Å². The third kappa shape index (κ3) is 4.28. The SMILES string of the molecule is Cc1nc(Cc2ccc(F)cc2)sc1C(=O)Nc1sccc1C(=O)NC1CC1. The molecule has 0 saturated heterocycles. The first-order valence-corrected chi connectivity index (χ1v) is 10.6. The number of thiophene rings is 1. The normalized spacial score (nSPS) is 13.4. The molecule has 144 valence electrons. The van der Waals surface area contributed by atoms with Gasteiger partial charge in [0.15, 0.2) is 0 Å². The van der Waals surface area contributed by atoms with Crippen LogP contribution in [0.25, 0.3) is 0 Å². The lowest BCUT2D eigenvalue weighted by Gasteiger charge is -2.06. The largest absolute Gasteiger partial charge is 0.349 e. The van der Waals surface area contributed by atoms with E-state index < -0.39 is 0 Å². The number of nitrogens with one attached hydrogen (secondary N) is 2. The summed E-state index contributed by atoms with van der Waals surface area (Å²) in [4.78, 5) is 30.0. The van der Waals surface area contributed by atoms with E-state index in [2.05, 4.69) is 15.6 Å². The molecule has 1 fully saturated rings. The van der Waals surface area contributed by atoms with Crippen molar-refractivity contribution in [2.75, 3.05) is 5.32 Å². The first-order chi connectivity index (χ1) is 13.5. The number of nitrogens with zero attached hydrogens (tertiary/aromatic N) is 1. The van der Waals surface area contributed by atoms with Crippen LogP contribution in [0.4, 0.5) is 9.39 Å². The topological polar surface area (TPSA) is 71.1 Å². The summed E-state index contributed by atoms with van der Waals surface area (Å²) in [6, 6.07) is 8.22. The molecule has 0 unspecified atom stereocenters. The van der Waals surface area contributed by atoms with Crippen LogP contribution in [0.3, 0.4) is 0 Å². The van der Waals surface area contributed by atoms with Crippen LogP contribution in [0, 0.1) is 12.7 Å². The minimum absolute atomic E-state index is 0.155. The number of thiazole rings is 1. The van der Waals surface area contributed by atoms with Gasteiger partial charge in [0.25, 0.3) is 11.8 Å². The van der Waals surface area contributed by atoms with E-state index in [1.54, 1.807) is 30.5 Å². The van der Waals surface area contributed by atoms with E-state index in [0.717, 1.165) is 23.4 Å². The Morgan fingerprint density at radius 1 is 1.18 bits per heavy atom. The second-order valence-corrected chi connectivity index (χ2v) is 8.69. The molecule has 1 aliphatic carbocycles. The fourth-order valence-electron chi connectivity index (χ4n) is 2.75. The Kier molecular flexibility index (Phi) is 5.23. The van der Waals surface area contributed by atoms with Gasteiger partial charge in [-0.1, -0.05) is 12.1 Å². The fraction of sp³-hybridized carbons (Fsp3) is 0.250. The Balaban J connectivity index is 1.47. The molecule has 0 bridgehead atoms. The van der Waals surface area contributed by atoms with E-state index >= 15 is 0 Å². The summed E-state index contributed by atoms with van der Waals surface area (Å²) in [5.41, 5.74) is 2.05. The smallest absolute Gasteiger partial charge is 0.268 e. The van der Waals surface area contributed by atoms with E-state index in [9.17, 15) is 14.0 Å². The molecule has 1 aromatic carbocycles. The Bertz CT molecular complexity index is 1020. The molecule has 8 heteroatoms. The highest BCUT2D eigenvalue weighted by Crippen LogP contribution is 2.28. The zero-order valence-corrected chi connectivity index (χ0v) is 16.8. The highest BCUT2D eigenvalue weighted by Gasteiger charge is 2.26. The predicted octanol–water partition coefficient (Wildman–Crippen LogP) is 4.39. The molecule has 28 heavy (non-hydrogen) atoms. The lowest BCUT2D eigenvalue weighted by molar-refractivity contribution is 0.0952. The quantitative estimate of drug-likeness (QED) is 0.627. The van der Waals surface area contributed by atoms with Crippen molar-refractivity contribution in [2.45, 2.75) is 32.2 Å². The lowest BCUT2D eigenvalue weighted by Crippen LogP contribution is -2.26. The first kappa shape index (κ1) is 18.8. The molecule has 5 nitrogen and oxygen atoms in total. The van der Waals surface area contributed by atoms with Gasteiger partial charge in [-0.3, -0.25) is 9.59 Å². The van der Waals surface area contributed by atoms with Gasteiger partial charge in [0.2, 0.25) is 0 Å².